The molecule has 2 unspecified atom stereocenters. The van der Waals surface area contributed by atoms with Crippen LogP contribution >= 0.6 is 39.5 Å². The zero-order valence-corrected chi connectivity index (χ0v) is 19.1. The number of carbonyl (C=O) groups excluding carboxylic acids is 1. The summed E-state index contributed by atoms with van der Waals surface area (Å²) < 4.78 is 4.22. The van der Waals surface area contributed by atoms with E-state index in [2.05, 4.69) is 44.8 Å². The van der Waals surface area contributed by atoms with E-state index in [1.54, 1.807) is 11.3 Å². The molecule has 1 aromatic heterocycles. The van der Waals surface area contributed by atoms with Crippen LogP contribution in [0.15, 0.2) is 59.1 Å². The summed E-state index contributed by atoms with van der Waals surface area (Å²) in [5.74, 6) is 1.28. The molecule has 0 radical (unpaired) electrons. The van der Waals surface area contributed by atoms with Crippen LogP contribution in [0.2, 0.25) is 0 Å². The van der Waals surface area contributed by atoms with Gasteiger partial charge in [0.1, 0.15) is 5.82 Å². The fraction of sp³-hybridized carbons (Fsp3) is 0.304. The van der Waals surface area contributed by atoms with E-state index in [9.17, 15) is 4.79 Å². The van der Waals surface area contributed by atoms with Crippen molar-refractivity contribution in [3.8, 4) is 10.4 Å². The third kappa shape index (κ3) is 3.41. The lowest BCUT2D eigenvalue weighted by atomic mass is 9.82. The molecule has 1 aliphatic heterocycles. The fourth-order valence-electron chi connectivity index (χ4n) is 4.64. The number of thiazole rings is 1. The fourth-order valence-corrected chi connectivity index (χ4v) is 6.43. The summed E-state index contributed by atoms with van der Waals surface area (Å²) in [5.41, 5.74) is 2.25. The summed E-state index contributed by atoms with van der Waals surface area (Å²) in [4.78, 5) is 16.7. The number of anilines is 1. The first-order valence-electron chi connectivity index (χ1n) is 10.00. The zero-order chi connectivity index (χ0) is 20.0. The Bertz CT molecular complexity index is 1100. The lowest BCUT2D eigenvalue weighted by Gasteiger charge is -2.42. The van der Waals surface area contributed by atoms with E-state index in [4.69, 9.17) is 12.2 Å². The minimum atomic E-state index is 0.0408. The van der Waals surface area contributed by atoms with Gasteiger partial charge in [-0.25, -0.2) is 0 Å². The van der Waals surface area contributed by atoms with E-state index >= 15 is 0 Å². The summed E-state index contributed by atoms with van der Waals surface area (Å²) in [6.07, 6.45) is 4.28. The first-order valence-corrected chi connectivity index (χ1v) is 12.0. The zero-order valence-electron chi connectivity index (χ0n) is 15.9. The maximum absolute atomic E-state index is 13.6. The molecule has 148 valence electrons. The van der Waals surface area contributed by atoms with E-state index in [1.165, 1.54) is 0 Å². The molecule has 0 spiro atoms. The molecular formula is C23H21BrN2OS2. The smallest absolute Gasteiger partial charge is 0.233 e. The van der Waals surface area contributed by atoms with Crippen LogP contribution in [-0.4, -0.2) is 10.5 Å². The van der Waals surface area contributed by atoms with Gasteiger partial charge in [0.25, 0.3) is 0 Å². The average molecular weight is 485 g/mol. The summed E-state index contributed by atoms with van der Waals surface area (Å²) >= 11 is 11.0. The van der Waals surface area contributed by atoms with Crippen LogP contribution in [0.3, 0.4) is 0 Å². The van der Waals surface area contributed by atoms with Gasteiger partial charge in [0.2, 0.25) is 5.91 Å². The Balaban J connectivity index is 1.69. The molecule has 0 N–H and O–H groups in total. The average Bonchev–Trinajstić information content (AvgIpc) is 3.09. The highest BCUT2D eigenvalue weighted by atomic mass is 79.9. The van der Waals surface area contributed by atoms with Crippen LogP contribution in [0.1, 0.15) is 37.3 Å². The number of hydrogen-bond donors (Lipinski definition) is 0. The van der Waals surface area contributed by atoms with Crippen molar-refractivity contribution >= 4 is 51.2 Å². The second-order valence-corrected chi connectivity index (χ2v) is 10.3. The molecule has 1 saturated carbocycles. The molecule has 1 fully saturated rings. The quantitative estimate of drug-likeness (QED) is 0.374. The van der Waals surface area contributed by atoms with Gasteiger partial charge < -0.3 is 4.57 Å². The largest absolute Gasteiger partial charge is 0.305 e. The van der Waals surface area contributed by atoms with Crippen molar-refractivity contribution in [2.45, 2.75) is 38.3 Å². The molecule has 1 amide bonds. The molecule has 1 aliphatic carbocycles. The predicted octanol–water partition coefficient (Wildman–Crippen LogP) is 6.99. The summed E-state index contributed by atoms with van der Waals surface area (Å²) in [6, 6.07) is 18.7. The lowest BCUT2D eigenvalue weighted by Crippen LogP contribution is -2.46. The highest BCUT2D eigenvalue weighted by Gasteiger charge is 2.43. The summed E-state index contributed by atoms with van der Waals surface area (Å²) in [7, 11) is 0. The van der Waals surface area contributed by atoms with Crippen molar-refractivity contribution < 1.29 is 4.79 Å². The van der Waals surface area contributed by atoms with E-state index in [0.717, 1.165) is 55.9 Å². The minimum absolute atomic E-state index is 0.0408. The Kier molecular flexibility index (Phi) is 5.18. The maximum Gasteiger partial charge on any atom is 0.233 e. The van der Waals surface area contributed by atoms with Gasteiger partial charge in [-0.2, -0.15) is 0 Å². The van der Waals surface area contributed by atoms with Gasteiger partial charge in [0.05, 0.1) is 17.3 Å². The van der Waals surface area contributed by atoms with Crippen LogP contribution in [0, 0.1) is 9.87 Å². The van der Waals surface area contributed by atoms with E-state index in [1.807, 2.05) is 35.2 Å². The van der Waals surface area contributed by atoms with Crippen molar-refractivity contribution in [1.82, 2.24) is 4.57 Å². The van der Waals surface area contributed by atoms with Crippen molar-refractivity contribution in [2.24, 2.45) is 5.92 Å². The van der Waals surface area contributed by atoms with Crippen LogP contribution in [0.5, 0.6) is 0 Å². The van der Waals surface area contributed by atoms with Crippen molar-refractivity contribution in [1.29, 1.82) is 0 Å². The normalized spacial score (nSPS) is 21.0. The van der Waals surface area contributed by atoms with Gasteiger partial charge in [-0.15, -0.1) is 11.3 Å². The molecule has 2 aliphatic rings. The minimum Gasteiger partial charge on any atom is -0.305 e. The van der Waals surface area contributed by atoms with E-state index < -0.39 is 0 Å². The maximum atomic E-state index is 13.6. The van der Waals surface area contributed by atoms with Crippen molar-refractivity contribution in [3.05, 3.63) is 68.6 Å². The van der Waals surface area contributed by atoms with Crippen LogP contribution < -0.4 is 4.90 Å². The highest BCUT2D eigenvalue weighted by Crippen LogP contribution is 2.49. The standard InChI is InChI=1S/C23H21BrN2OS2/c24-17-12-10-16(11-13-17)20-21-25(14-15-6-2-1-3-7-15)22(27)18-8-4-5-9-19(18)26(21)23(28)29-20/h1-3,6-7,10-13,18-19H,4-5,8-9,14H2. The number of amides is 1. The first kappa shape index (κ1) is 19.2. The molecule has 3 nitrogen and oxygen atoms in total. The van der Waals surface area contributed by atoms with Gasteiger partial charge in [0, 0.05) is 10.5 Å². The van der Waals surface area contributed by atoms with Gasteiger partial charge in [-0.05, 0) is 48.3 Å². The monoisotopic (exact) mass is 484 g/mol. The van der Waals surface area contributed by atoms with Crippen LogP contribution in [0.4, 0.5) is 5.82 Å². The molecule has 2 heterocycles. The Morgan fingerprint density at radius 2 is 1.76 bits per heavy atom. The van der Waals surface area contributed by atoms with Gasteiger partial charge in [-0.3, -0.25) is 9.69 Å². The van der Waals surface area contributed by atoms with Crippen LogP contribution in [0.25, 0.3) is 10.4 Å². The van der Waals surface area contributed by atoms with Crippen molar-refractivity contribution in [2.75, 3.05) is 4.90 Å². The van der Waals surface area contributed by atoms with Crippen molar-refractivity contribution in [3.63, 3.8) is 0 Å². The Morgan fingerprint density at radius 3 is 2.52 bits per heavy atom. The SMILES string of the molecule is O=C1C2CCCCC2n2c(c(-c3ccc(Br)cc3)sc2=S)N1Cc1ccccc1. The van der Waals surface area contributed by atoms with Crippen LogP contribution in [-0.2, 0) is 11.3 Å². The predicted molar refractivity (Wildman–Crippen MR) is 125 cm³/mol. The molecule has 2 aromatic carbocycles. The number of nitrogens with zero attached hydrogens (tertiary/aromatic N) is 2. The number of fused-ring (bicyclic) bond motifs is 3. The molecule has 29 heavy (non-hydrogen) atoms. The number of aromatic nitrogens is 1. The topological polar surface area (TPSA) is 25.2 Å². The number of carbonyl (C=O) groups is 1. The molecule has 0 bridgehead atoms. The Labute approximate surface area is 188 Å². The third-order valence-corrected chi connectivity index (χ3v) is 7.98. The van der Waals surface area contributed by atoms with Gasteiger partial charge in [0.15, 0.2) is 3.95 Å². The second kappa shape index (κ2) is 7.82. The number of halogens is 1. The van der Waals surface area contributed by atoms with E-state index in [-0.39, 0.29) is 17.9 Å². The molecule has 2 atom stereocenters. The number of rotatable bonds is 3. The third-order valence-electron chi connectivity index (χ3n) is 6.01. The van der Waals surface area contributed by atoms with Gasteiger partial charge >= 0.3 is 0 Å². The molecule has 3 aromatic rings. The molecular weight excluding hydrogens is 464 g/mol. The first-order chi connectivity index (χ1) is 14.1. The van der Waals surface area contributed by atoms with E-state index in [0.29, 0.717) is 6.54 Å². The highest BCUT2D eigenvalue weighted by molar-refractivity contribution is 9.10. The molecule has 5 rings (SSSR count). The Hall–Kier alpha value is -1.76. The molecule has 6 heteroatoms. The second-order valence-electron chi connectivity index (χ2n) is 7.77. The molecule has 0 saturated heterocycles. The summed E-state index contributed by atoms with van der Waals surface area (Å²) in [5, 5.41) is 0. The Morgan fingerprint density at radius 1 is 1.03 bits per heavy atom. The van der Waals surface area contributed by atoms with Gasteiger partial charge in [-0.1, -0.05) is 71.2 Å². The number of hydrogen-bond acceptors (Lipinski definition) is 3. The lowest BCUT2D eigenvalue weighted by molar-refractivity contribution is -0.126. The number of benzene rings is 2. The summed E-state index contributed by atoms with van der Waals surface area (Å²) in [6.45, 7) is 0.581.